The van der Waals surface area contributed by atoms with Crippen molar-refractivity contribution in [1.82, 2.24) is 8.97 Å². The first kappa shape index (κ1) is 12.1. The Balaban J connectivity index is 2.09. The van der Waals surface area contributed by atoms with E-state index >= 15 is 0 Å². The van der Waals surface area contributed by atoms with Crippen molar-refractivity contribution < 1.29 is 0 Å². The molecule has 3 nitrogen and oxygen atoms in total. The summed E-state index contributed by atoms with van der Waals surface area (Å²) in [6.07, 6.45) is 3.85. The number of rotatable bonds is 2. The average Bonchev–Trinajstić information content (AvgIpc) is 2.85. The van der Waals surface area contributed by atoms with Gasteiger partial charge in [0.05, 0.1) is 6.54 Å². The van der Waals surface area contributed by atoms with Crippen molar-refractivity contribution in [3.05, 3.63) is 75.4 Å². The summed E-state index contributed by atoms with van der Waals surface area (Å²) in [7, 11) is 0. The molecule has 0 unspecified atom stereocenters. The third kappa shape index (κ3) is 2.17. The molecular formula is C15H13ClN2O. The fourth-order valence-electron chi connectivity index (χ4n) is 2.23. The first-order valence-electron chi connectivity index (χ1n) is 6.07. The van der Waals surface area contributed by atoms with Crippen molar-refractivity contribution in [3.8, 4) is 0 Å². The van der Waals surface area contributed by atoms with Gasteiger partial charge >= 0.3 is 0 Å². The van der Waals surface area contributed by atoms with Crippen molar-refractivity contribution in [2.24, 2.45) is 0 Å². The van der Waals surface area contributed by atoms with Gasteiger partial charge in [0, 0.05) is 23.1 Å². The molecule has 0 aliphatic heterocycles. The smallest absolute Gasteiger partial charge is 0.275 e. The summed E-state index contributed by atoms with van der Waals surface area (Å²) < 4.78 is 3.63. The highest BCUT2D eigenvalue weighted by Crippen LogP contribution is 2.11. The van der Waals surface area contributed by atoms with Crippen LogP contribution >= 0.6 is 11.6 Å². The molecule has 2 aromatic heterocycles. The van der Waals surface area contributed by atoms with Crippen LogP contribution in [0.15, 0.2) is 53.6 Å². The number of aromatic nitrogens is 2. The van der Waals surface area contributed by atoms with E-state index in [0.717, 1.165) is 11.3 Å². The standard InChI is InChI=1S/C15H13ClN2O/c1-11-9-17-8-2-3-14(17)15(19)18(11)10-12-4-6-13(16)7-5-12/h2-9H,10H2,1H3. The fraction of sp³-hybridized carbons (Fsp3) is 0.133. The van der Waals surface area contributed by atoms with Crippen molar-refractivity contribution in [3.63, 3.8) is 0 Å². The second kappa shape index (κ2) is 4.59. The van der Waals surface area contributed by atoms with Gasteiger partial charge in [-0.15, -0.1) is 0 Å². The lowest BCUT2D eigenvalue weighted by molar-refractivity contribution is 0.722. The van der Waals surface area contributed by atoms with Gasteiger partial charge in [-0.1, -0.05) is 23.7 Å². The van der Waals surface area contributed by atoms with Crippen LogP contribution < -0.4 is 5.56 Å². The predicted molar refractivity (Wildman–Crippen MR) is 76.9 cm³/mol. The molecular weight excluding hydrogens is 260 g/mol. The maximum absolute atomic E-state index is 12.4. The van der Waals surface area contributed by atoms with E-state index in [2.05, 4.69) is 0 Å². The van der Waals surface area contributed by atoms with Gasteiger partial charge in [-0.2, -0.15) is 0 Å². The van der Waals surface area contributed by atoms with E-state index < -0.39 is 0 Å². The lowest BCUT2D eigenvalue weighted by Crippen LogP contribution is -2.24. The van der Waals surface area contributed by atoms with Crippen molar-refractivity contribution >= 4 is 17.1 Å². The zero-order valence-electron chi connectivity index (χ0n) is 10.5. The van der Waals surface area contributed by atoms with Crippen molar-refractivity contribution in [2.75, 3.05) is 0 Å². The molecule has 4 heteroatoms. The molecule has 0 bridgehead atoms. The molecule has 0 radical (unpaired) electrons. The second-order valence-electron chi connectivity index (χ2n) is 4.59. The maximum Gasteiger partial charge on any atom is 0.275 e. The van der Waals surface area contributed by atoms with E-state index in [1.165, 1.54) is 0 Å². The van der Waals surface area contributed by atoms with Crippen LogP contribution in [0.3, 0.4) is 0 Å². The Labute approximate surface area is 115 Å². The minimum Gasteiger partial charge on any atom is -0.317 e. The van der Waals surface area contributed by atoms with Gasteiger partial charge in [0.1, 0.15) is 5.52 Å². The molecule has 96 valence electrons. The van der Waals surface area contributed by atoms with Crippen LogP contribution in [0, 0.1) is 6.92 Å². The summed E-state index contributed by atoms with van der Waals surface area (Å²) >= 11 is 5.87. The third-order valence-electron chi connectivity index (χ3n) is 3.25. The molecule has 0 N–H and O–H groups in total. The topological polar surface area (TPSA) is 26.4 Å². The summed E-state index contributed by atoms with van der Waals surface area (Å²) in [6.45, 7) is 2.50. The molecule has 0 atom stereocenters. The first-order chi connectivity index (χ1) is 9.15. The average molecular weight is 273 g/mol. The first-order valence-corrected chi connectivity index (χ1v) is 6.44. The fourth-order valence-corrected chi connectivity index (χ4v) is 2.35. The number of fused-ring (bicyclic) bond motifs is 1. The largest absolute Gasteiger partial charge is 0.317 e. The summed E-state index contributed by atoms with van der Waals surface area (Å²) in [5.41, 5.74) is 2.72. The molecule has 0 spiro atoms. The number of nitrogens with zero attached hydrogens (tertiary/aromatic N) is 2. The van der Waals surface area contributed by atoms with E-state index in [0.29, 0.717) is 17.1 Å². The van der Waals surface area contributed by atoms with Gasteiger partial charge < -0.3 is 8.97 Å². The van der Waals surface area contributed by atoms with Crippen LogP contribution in [0.4, 0.5) is 0 Å². The van der Waals surface area contributed by atoms with Gasteiger partial charge in [0.15, 0.2) is 0 Å². The van der Waals surface area contributed by atoms with E-state index in [-0.39, 0.29) is 5.56 Å². The number of benzene rings is 1. The molecule has 0 aliphatic carbocycles. The predicted octanol–water partition coefficient (Wildman–Crippen LogP) is 3.11. The number of aryl methyl sites for hydroxylation is 1. The molecule has 0 saturated carbocycles. The summed E-state index contributed by atoms with van der Waals surface area (Å²) in [5.74, 6) is 0. The Morgan fingerprint density at radius 2 is 1.89 bits per heavy atom. The normalized spacial score (nSPS) is 11.1. The summed E-state index contributed by atoms with van der Waals surface area (Å²) in [5, 5.41) is 0.704. The van der Waals surface area contributed by atoms with Crippen LogP contribution in [-0.4, -0.2) is 8.97 Å². The van der Waals surface area contributed by atoms with E-state index in [9.17, 15) is 4.79 Å². The lowest BCUT2D eigenvalue weighted by atomic mass is 10.2. The Kier molecular flexibility index (Phi) is 2.91. The van der Waals surface area contributed by atoms with Crippen molar-refractivity contribution in [2.45, 2.75) is 13.5 Å². The van der Waals surface area contributed by atoms with Gasteiger partial charge in [0.25, 0.3) is 5.56 Å². The molecule has 0 fully saturated rings. The second-order valence-corrected chi connectivity index (χ2v) is 5.03. The molecule has 1 aromatic carbocycles. The van der Waals surface area contributed by atoms with Gasteiger partial charge in [-0.05, 0) is 36.8 Å². The third-order valence-corrected chi connectivity index (χ3v) is 3.50. The summed E-state index contributed by atoms with van der Waals surface area (Å²) in [4.78, 5) is 12.4. The monoisotopic (exact) mass is 272 g/mol. The number of hydrogen-bond donors (Lipinski definition) is 0. The Morgan fingerprint density at radius 3 is 2.63 bits per heavy atom. The molecule has 19 heavy (non-hydrogen) atoms. The van der Waals surface area contributed by atoms with E-state index in [4.69, 9.17) is 11.6 Å². The van der Waals surface area contributed by atoms with Crippen LogP contribution in [0.1, 0.15) is 11.3 Å². The van der Waals surface area contributed by atoms with E-state index in [1.807, 2.05) is 60.1 Å². The minimum atomic E-state index is 0.0277. The van der Waals surface area contributed by atoms with Crippen LogP contribution in [0.25, 0.3) is 5.52 Å². The van der Waals surface area contributed by atoms with Crippen LogP contribution in [-0.2, 0) is 6.54 Å². The zero-order chi connectivity index (χ0) is 13.4. The zero-order valence-corrected chi connectivity index (χ0v) is 11.3. The maximum atomic E-state index is 12.4. The molecule has 3 rings (SSSR count). The minimum absolute atomic E-state index is 0.0277. The SMILES string of the molecule is Cc1cn2cccc2c(=O)n1Cc1ccc(Cl)cc1. The number of hydrogen-bond acceptors (Lipinski definition) is 1. The van der Waals surface area contributed by atoms with Gasteiger partial charge in [-0.25, -0.2) is 0 Å². The van der Waals surface area contributed by atoms with Gasteiger partial charge in [-0.3, -0.25) is 4.79 Å². The molecule has 0 amide bonds. The number of halogens is 1. The molecule has 0 aliphatic rings. The molecule has 0 saturated heterocycles. The van der Waals surface area contributed by atoms with Crippen LogP contribution in [0.2, 0.25) is 5.02 Å². The summed E-state index contributed by atoms with van der Waals surface area (Å²) in [6, 6.07) is 11.3. The highest BCUT2D eigenvalue weighted by atomic mass is 35.5. The lowest BCUT2D eigenvalue weighted by Gasteiger charge is -2.11. The Morgan fingerprint density at radius 1 is 1.16 bits per heavy atom. The quantitative estimate of drug-likeness (QED) is 0.704. The Bertz CT molecular complexity index is 784. The van der Waals surface area contributed by atoms with Crippen molar-refractivity contribution in [1.29, 1.82) is 0 Å². The van der Waals surface area contributed by atoms with E-state index in [1.54, 1.807) is 4.57 Å². The molecule has 2 heterocycles. The highest BCUT2D eigenvalue weighted by Gasteiger charge is 2.06. The van der Waals surface area contributed by atoms with Gasteiger partial charge in [0.2, 0.25) is 0 Å². The Hall–Kier alpha value is -2.00. The highest BCUT2D eigenvalue weighted by molar-refractivity contribution is 6.30. The van der Waals surface area contributed by atoms with Crippen LogP contribution in [0.5, 0.6) is 0 Å². The molecule has 3 aromatic rings.